The van der Waals surface area contributed by atoms with Crippen molar-refractivity contribution in [2.45, 2.75) is 39.4 Å². The van der Waals surface area contributed by atoms with Crippen LogP contribution in [-0.4, -0.2) is 24.2 Å². The summed E-state index contributed by atoms with van der Waals surface area (Å²) in [6, 6.07) is 18.3. The van der Waals surface area contributed by atoms with E-state index < -0.39 is 0 Å². The Balaban J connectivity index is 1.30. The van der Waals surface area contributed by atoms with Crippen LogP contribution >= 0.6 is 0 Å². The number of ketones is 1. The first-order chi connectivity index (χ1) is 14.7. The van der Waals surface area contributed by atoms with E-state index in [4.69, 9.17) is 14.0 Å². The predicted octanol–water partition coefficient (Wildman–Crippen LogP) is 5.37. The van der Waals surface area contributed by atoms with Crippen LogP contribution in [0.4, 0.5) is 0 Å². The molecule has 0 N–H and O–H groups in total. The molecule has 1 fully saturated rings. The van der Waals surface area contributed by atoms with Crippen LogP contribution < -0.4 is 0 Å². The van der Waals surface area contributed by atoms with Gasteiger partial charge in [-0.05, 0) is 47.9 Å². The van der Waals surface area contributed by atoms with Gasteiger partial charge in [0.25, 0.3) is 0 Å². The first-order valence-corrected chi connectivity index (χ1v) is 10.5. The van der Waals surface area contributed by atoms with Gasteiger partial charge in [-0.15, -0.1) is 0 Å². The lowest BCUT2D eigenvalue weighted by Gasteiger charge is -2.11. The summed E-state index contributed by atoms with van der Waals surface area (Å²) in [6.45, 7) is 4.43. The molecule has 4 rings (SSSR count). The number of aromatic nitrogens is 1. The summed E-state index contributed by atoms with van der Waals surface area (Å²) < 4.78 is 16.5. The molecule has 0 amide bonds. The summed E-state index contributed by atoms with van der Waals surface area (Å²) in [7, 11) is 0. The fraction of sp³-hybridized carbons (Fsp3) is 0.360. The van der Waals surface area contributed by atoms with Gasteiger partial charge in [0, 0.05) is 25.7 Å². The van der Waals surface area contributed by atoms with E-state index in [1.807, 2.05) is 18.2 Å². The van der Waals surface area contributed by atoms with Crippen molar-refractivity contribution >= 4 is 5.78 Å². The van der Waals surface area contributed by atoms with Crippen LogP contribution in [0.3, 0.4) is 0 Å². The quantitative estimate of drug-likeness (QED) is 0.448. The zero-order valence-electron chi connectivity index (χ0n) is 17.3. The van der Waals surface area contributed by atoms with Crippen LogP contribution in [0.15, 0.2) is 59.1 Å². The molecular formula is C25H27NO4. The van der Waals surface area contributed by atoms with E-state index in [1.54, 1.807) is 6.07 Å². The number of benzene rings is 2. The first-order valence-electron chi connectivity index (χ1n) is 10.5. The summed E-state index contributed by atoms with van der Waals surface area (Å²) in [5.74, 6) is 1.07. The van der Waals surface area contributed by atoms with Crippen molar-refractivity contribution in [3.05, 3.63) is 77.2 Å². The number of rotatable bonds is 9. The van der Waals surface area contributed by atoms with Gasteiger partial charge in [-0.25, -0.2) is 0 Å². The van der Waals surface area contributed by atoms with Crippen molar-refractivity contribution in [2.24, 2.45) is 5.92 Å². The third-order valence-electron chi connectivity index (χ3n) is 5.68. The third kappa shape index (κ3) is 5.04. The second kappa shape index (κ2) is 9.83. The van der Waals surface area contributed by atoms with Crippen LogP contribution in [-0.2, 0) is 22.7 Å². The Kier molecular flexibility index (Phi) is 6.72. The number of carbonyl (C=O) groups is 1. The van der Waals surface area contributed by atoms with E-state index in [0.717, 1.165) is 31.6 Å². The number of hydrogen-bond acceptors (Lipinski definition) is 5. The van der Waals surface area contributed by atoms with Crippen molar-refractivity contribution in [3.8, 4) is 11.1 Å². The average Bonchev–Trinajstić information content (AvgIpc) is 3.46. The monoisotopic (exact) mass is 405 g/mol. The lowest BCUT2D eigenvalue weighted by Crippen LogP contribution is -2.05. The molecule has 3 aromatic rings. The van der Waals surface area contributed by atoms with Gasteiger partial charge in [-0.1, -0.05) is 53.7 Å². The van der Waals surface area contributed by atoms with Crippen LogP contribution in [0.2, 0.25) is 0 Å². The molecule has 1 unspecified atom stereocenters. The minimum absolute atomic E-state index is 0.0170. The minimum Gasteiger partial charge on any atom is -0.381 e. The van der Waals surface area contributed by atoms with Crippen LogP contribution in [0.25, 0.3) is 11.1 Å². The number of carbonyl (C=O) groups excluding carboxylic acids is 1. The molecule has 0 bridgehead atoms. The minimum atomic E-state index is 0.0170. The highest BCUT2D eigenvalue weighted by Gasteiger charge is 2.19. The highest BCUT2D eigenvalue weighted by molar-refractivity contribution is 5.94. The number of ether oxygens (including phenoxy) is 2. The van der Waals surface area contributed by atoms with E-state index >= 15 is 0 Å². The Bertz CT molecular complexity index is 974. The van der Waals surface area contributed by atoms with Gasteiger partial charge in [0.1, 0.15) is 12.3 Å². The normalized spacial score (nSPS) is 16.1. The summed E-state index contributed by atoms with van der Waals surface area (Å²) in [6.07, 6.45) is 2.36. The fourth-order valence-corrected chi connectivity index (χ4v) is 3.82. The SMILES string of the molecule is Cc1c(COCc2cc(C(=O)CCC3CCOC3)no2)cccc1-c1ccccc1. The average molecular weight is 405 g/mol. The molecule has 0 spiro atoms. The van der Waals surface area contributed by atoms with Gasteiger partial charge in [0.2, 0.25) is 0 Å². The second-order valence-electron chi connectivity index (χ2n) is 7.82. The lowest BCUT2D eigenvalue weighted by molar-refractivity contribution is 0.0876. The molecule has 0 aliphatic carbocycles. The summed E-state index contributed by atoms with van der Waals surface area (Å²) in [4.78, 5) is 12.3. The topological polar surface area (TPSA) is 61.6 Å². The largest absolute Gasteiger partial charge is 0.381 e. The molecule has 5 heteroatoms. The van der Waals surface area contributed by atoms with Gasteiger partial charge < -0.3 is 14.0 Å². The maximum absolute atomic E-state index is 12.3. The maximum Gasteiger partial charge on any atom is 0.184 e. The maximum atomic E-state index is 12.3. The zero-order chi connectivity index (χ0) is 20.8. The zero-order valence-corrected chi connectivity index (χ0v) is 17.3. The molecule has 1 atom stereocenters. The van der Waals surface area contributed by atoms with E-state index in [2.05, 4.69) is 42.4 Å². The summed E-state index contributed by atoms with van der Waals surface area (Å²) in [5.41, 5.74) is 5.12. The number of Topliss-reactive ketones (excluding diaryl/α,β-unsaturated/α-hetero) is 1. The van der Waals surface area contributed by atoms with Crippen LogP contribution in [0.5, 0.6) is 0 Å². The number of nitrogens with zero attached hydrogens (tertiary/aromatic N) is 1. The Hall–Kier alpha value is -2.76. The molecular weight excluding hydrogens is 378 g/mol. The van der Waals surface area contributed by atoms with Crippen molar-refractivity contribution in [2.75, 3.05) is 13.2 Å². The molecule has 0 saturated carbocycles. The molecule has 30 heavy (non-hydrogen) atoms. The smallest absolute Gasteiger partial charge is 0.184 e. The Morgan fingerprint density at radius 3 is 2.80 bits per heavy atom. The summed E-state index contributed by atoms with van der Waals surface area (Å²) >= 11 is 0. The standard InChI is InChI=1S/C25H27NO4/c1-18-21(8-5-9-23(18)20-6-3-2-4-7-20)16-29-17-22-14-24(26-30-22)25(27)11-10-19-12-13-28-15-19/h2-9,14,19H,10-13,15-17H2,1H3. The van der Waals surface area contributed by atoms with Crippen molar-refractivity contribution in [1.82, 2.24) is 5.16 Å². The number of hydrogen-bond donors (Lipinski definition) is 0. The Labute approximate surface area is 177 Å². The van der Waals surface area contributed by atoms with Crippen molar-refractivity contribution < 1.29 is 18.8 Å². The fourth-order valence-electron chi connectivity index (χ4n) is 3.82. The molecule has 156 valence electrons. The second-order valence-corrected chi connectivity index (χ2v) is 7.82. The van der Waals surface area contributed by atoms with Gasteiger partial charge in [0.05, 0.1) is 6.61 Å². The first kappa shape index (κ1) is 20.5. The van der Waals surface area contributed by atoms with Gasteiger partial charge in [-0.2, -0.15) is 0 Å². The molecule has 2 heterocycles. The van der Waals surface area contributed by atoms with E-state index in [1.165, 1.54) is 16.7 Å². The molecule has 1 aliphatic rings. The van der Waals surface area contributed by atoms with Crippen LogP contribution in [0.1, 0.15) is 46.6 Å². The van der Waals surface area contributed by atoms with E-state index in [0.29, 0.717) is 30.4 Å². The molecule has 1 aromatic heterocycles. The lowest BCUT2D eigenvalue weighted by atomic mass is 9.97. The Morgan fingerprint density at radius 1 is 1.13 bits per heavy atom. The molecule has 1 aliphatic heterocycles. The molecule has 1 saturated heterocycles. The van der Waals surface area contributed by atoms with Crippen LogP contribution in [0, 0.1) is 12.8 Å². The van der Waals surface area contributed by atoms with E-state index in [-0.39, 0.29) is 12.4 Å². The Morgan fingerprint density at radius 2 is 2.00 bits per heavy atom. The molecule has 5 nitrogen and oxygen atoms in total. The molecule has 0 radical (unpaired) electrons. The molecule has 2 aromatic carbocycles. The summed E-state index contributed by atoms with van der Waals surface area (Å²) in [5, 5.41) is 3.92. The predicted molar refractivity (Wildman–Crippen MR) is 114 cm³/mol. The van der Waals surface area contributed by atoms with Gasteiger partial charge in [-0.3, -0.25) is 4.79 Å². The highest BCUT2D eigenvalue weighted by atomic mass is 16.5. The van der Waals surface area contributed by atoms with E-state index in [9.17, 15) is 4.79 Å². The highest BCUT2D eigenvalue weighted by Crippen LogP contribution is 2.26. The van der Waals surface area contributed by atoms with Crippen molar-refractivity contribution in [3.63, 3.8) is 0 Å². The van der Waals surface area contributed by atoms with Gasteiger partial charge >= 0.3 is 0 Å². The van der Waals surface area contributed by atoms with Gasteiger partial charge in [0.15, 0.2) is 11.5 Å². The third-order valence-corrected chi connectivity index (χ3v) is 5.68. The van der Waals surface area contributed by atoms with Crippen molar-refractivity contribution in [1.29, 1.82) is 0 Å².